The average Bonchev–Trinajstić information content (AvgIpc) is 2.31. The van der Waals surface area contributed by atoms with Crippen LogP contribution < -0.4 is 4.74 Å². The van der Waals surface area contributed by atoms with Gasteiger partial charge in [0.15, 0.2) is 0 Å². The molecular weight excluding hydrogens is 353 g/mol. The summed E-state index contributed by atoms with van der Waals surface area (Å²) < 4.78 is 19.9. The first-order chi connectivity index (χ1) is 8.19. The molecule has 0 aliphatic rings. The minimum atomic E-state index is -0.343. The normalized spacial score (nSPS) is 10.3. The first-order valence-electron chi connectivity index (χ1n) is 4.97. The molecule has 88 valence electrons. The lowest BCUT2D eigenvalue weighted by atomic mass is 10.2. The largest absolute Gasteiger partial charge is 0.456 e. The number of alkyl halides is 1. The Labute approximate surface area is 118 Å². The van der Waals surface area contributed by atoms with Gasteiger partial charge in [0.25, 0.3) is 0 Å². The molecule has 0 unspecified atom stereocenters. The number of para-hydroxylation sites is 1. The molecular formula is C13H9ClFIO. The zero-order valence-corrected chi connectivity index (χ0v) is 11.7. The first kappa shape index (κ1) is 12.6. The Balaban J connectivity index is 2.30. The van der Waals surface area contributed by atoms with Gasteiger partial charge in [0.05, 0.1) is 3.57 Å². The fourth-order valence-corrected chi connectivity index (χ4v) is 2.06. The molecule has 2 aromatic rings. The maximum absolute atomic E-state index is 13.3. The summed E-state index contributed by atoms with van der Waals surface area (Å²) in [6.07, 6.45) is 0. The van der Waals surface area contributed by atoms with E-state index in [0.717, 1.165) is 3.57 Å². The quantitative estimate of drug-likeness (QED) is 0.554. The van der Waals surface area contributed by atoms with Crippen LogP contribution in [0.2, 0.25) is 0 Å². The molecule has 1 nitrogen and oxygen atoms in total. The van der Waals surface area contributed by atoms with Crippen LogP contribution in [0.1, 0.15) is 5.56 Å². The van der Waals surface area contributed by atoms with E-state index in [-0.39, 0.29) is 11.7 Å². The molecule has 0 aliphatic carbocycles. The molecule has 0 saturated carbocycles. The van der Waals surface area contributed by atoms with Crippen LogP contribution in [0.15, 0.2) is 42.5 Å². The minimum absolute atomic E-state index is 0.264. The second-order valence-corrected chi connectivity index (χ2v) is 4.89. The van der Waals surface area contributed by atoms with E-state index in [1.54, 1.807) is 6.07 Å². The molecule has 0 aliphatic heterocycles. The topological polar surface area (TPSA) is 9.23 Å². The van der Waals surface area contributed by atoms with Gasteiger partial charge in [0.1, 0.15) is 17.3 Å². The maximum atomic E-state index is 13.3. The van der Waals surface area contributed by atoms with E-state index in [4.69, 9.17) is 16.3 Å². The molecule has 0 fully saturated rings. The van der Waals surface area contributed by atoms with Gasteiger partial charge in [-0.3, -0.25) is 0 Å². The lowest BCUT2D eigenvalue weighted by molar-refractivity contribution is 0.473. The van der Waals surface area contributed by atoms with Crippen molar-refractivity contribution in [3.8, 4) is 11.5 Å². The Kier molecular flexibility index (Phi) is 4.23. The molecule has 0 aromatic heterocycles. The van der Waals surface area contributed by atoms with Crippen molar-refractivity contribution in [1.82, 2.24) is 0 Å². The first-order valence-corrected chi connectivity index (χ1v) is 6.58. The summed E-state index contributed by atoms with van der Waals surface area (Å²) in [5.41, 5.74) is 0.701. The third kappa shape index (κ3) is 3.33. The molecule has 0 heterocycles. The van der Waals surface area contributed by atoms with E-state index < -0.39 is 0 Å². The molecule has 17 heavy (non-hydrogen) atoms. The highest BCUT2D eigenvalue weighted by molar-refractivity contribution is 14.1. The van der Waals surface area contributed by atoms with Crippen LogP contribution in [0.4, 0.5) is 4.39 Å². The Morgan fingerprint density at radius 1 is 1.18 bits per heavy atom. The summed E-state index contributed by atoms with van der Waals surface area (Å²) >= 11 is 7.85. The van der Waals surface area contributed by atoms with Crippen molar-refractivity contribution in [3.63, 3.8) is 0 Å². The smallest absolute Gasteiger partial charge is 0.140 e. The average molecular weight is 363 g/mol. The molecule has 0 amide bonds. The van der Waals surface area contributed by atoms with E-state index >= 15 is 0 Å². The molecule has 2 aromatic carbocycles. The monoisotopic (exact) mass is 362 g/mol. The van der Waals surface area contributed by atoms with Crippen molar-refractivity contribution in [2.75, 3.05) is 0 Å². The standard InChI is InChI=1S/C13H9ClFIO/c14-8-9-5-10(15)7-11(6-9)17-13-4-2-1-3-12(13)16/h1-7H,8H2. The van der Waals surface area contributed by atoms with Crippen molar-refractivity contribution >= 4 is 34.2 Å². The van der Waals surface area contributed by atoms with Crippen molar-refractivity contribution in [2.24, 2.45) is 0 Å². The zero-order valence-electron chi connectivity index (χ0n) is 8.79. The van der Waals surface area contributed by atoms with Crippen molar-refractivity contribution in [3.05, 3.63) is 57.4 Å². The lowest BCUT2D eigenvalue weighted by Gasteiger charge is -2.08. The van der Waals surface area contributed by atoms with Gasteiger partial charge in [0, 0.05) is 11.9 Å². The van der Waals surface area contributed by atoms with Crippen LogP contribution in [0.3, 0.4) is 0 Å². The number of rotatable bonds is 3. The van der Waals surface area contributed by atoms with Crippen LogP contribution in [0.5, 0.6) is 11.5 Å². The minimum Gasteiger partial charge on any atom is -0.456 e. The molecule has 0 saturated heterocycles. The second kappa shape index (κ2) is 5.69. The van der Waals surface area contributed by atoms with Crippen molar-refractivity contribution in [2.45, 2.75) is 5.88 Å². The Morgan fingerprint density at radius 3 is 2.65 bits per heavy atom. The van der Waals surface area contributed by atoms with Crippen LogP contribution in [0, 0.1) is 9.39 Å². The van der Waals surface area contributed by atoms with E-state index in [1.165, 1.54) is 12.1 Å². The van der Waals surface area contributed by atoms with Gasteiger partial charge < -0.3 is 4.74 Å². The number of hydrogen-bond donors (Lipinski definition) is 0. The van der Waals surface area contributed by atoms with Gasteiger partial charge in [-0.2, -0.15) is 0 Å². The Morgan fingerprint density at radius 2 is 1.94 bits per heavy atom. The van der Waals surface area contributed by atoms with Gasteiger partial charge in [-0.25, -0.2) is 4.39 Å². The number of ether oxygens (including phenoxy) is 1. The van der Waals surface area contributed by atoms with Gasteiger partial charge in [-0.1, -0.05) is 12.1 Å². The predicted molar refractivity (Wildman–Crippen MR) is 75.2 cm³/mol. The van der Waals surface area contributed by atoms with Gasteiger partial charge >= 0.3 is 0 Å². The summed E-state index contributed by atoms with van der Waals surface area (Å²) in [7, 11) is 0. The SMILES string of the molecule is Fc1cc(CCl)cc(Oc2ccccc2I)c1. The molecule has 2 rings (SSSR count). The Hall–Kier alpha value is -0.810. The summed E-state index contributed by atoms with van der Waals surface area (Å²) in [6, 6.07) is 12.0. The highest BCUT2D eigenvalue weighted by atomic mass is 127. The highest BCUT2D eigenvalue weighted by Crippen LogP contribution is 2.27. The molecule has 0 atom stereocenters. The van der Waals surface area contributed by atoms with Crippen LogP contribution >= 0.6 is 34.2 Å². The third-order valence-electron chi connectivity index (χ3n) is 2.15. The Bertz CT molecular complexity index is 531. The summed E-state index contributed by atoms with van der Waals surface area (Å²) in [5, 5.41) is 0. The number of halogens is 3. The number of benzene rings is 2. The fourth-order valence-electron chi connectivity index (χ4n) is 1.41. The molecule has 0 N–H and O–H groups in total. The van der Waals surface area contributed by atoms with Gasteiger partial charge in [-0.15, -0.1) is 11.6 Å². The highest BCUT2D eigenvalue weighted by Gasteiger charge is 2.04. The summed E-state index contributed by atoms with van der Waals surface area (Å²) in [5.74, 6) is 1.09. The van der Waals surface area contributed by atoms with E-state index in [9.17, 15) is 4.39 Å². The van der Waals surface area contributed by atoms with E-state index in [0.29, 0.717) is 17.1 Å². The number of hydrogen-bond acceptors (Lipinski definition) is 1. The summed E-state index contributed by atoms with van der Waals surface area (Å²) in [6.45, 7) is 0. The van der Waals surface area contributed by atoms with Crippen LogP contribution in [-0.4, -0.2) is 0 Å². The van der Waals surface area contributed by atoms with E-state index in [2.05, 4.69) is 22.6 Å². The lowest BCUT2D eigenvalue weighted by Crippen LogP contribution is -1.90. The second-order valence-electron chi connectivity index (χ2n) is 3.46. The van der Waals surface area contributed by atoms with Crippen LogP contribution in [0.25, 0.3) is 0 Å². The molecule has 4 heteroatoms. The molecule has 0 spiro atoms. The fraction of sp³-hybridized carbons (Fsp3) is 0.0769. The predicted octanol–water partition coefficient (Wildman–Crippen LogP) is 4.96. The third-order valence-corrected chi connectivity index (χ3v) is 3.35. The summed E-state index contributed by atoms with van der Waals surface area (Å²) in [4.78, 5) is 0. The molecule has 0 bridgehead atoms. The van der Waals surface area contributed by atoms with E-state index in [1.807, 2.05) is 24.3 Å². The van der Waals surface area contributed by atoms with Crippen LogP contribution in [-0.2, 0) is 5.88 Å². The maximum Gasteiger partial charge on any atom is 0.140 e. The van der Waals surface area contributed by atoms with Crippen molar-refractivity contribution in [1.29, 1.82) is 0 Å². The van der Waals surface area contributed by atoms with Crippen molar-refractivity contribution < 1.29 is 9.13 Å². The molecule has 0 radical (unpaired) electrons. The van der Waals surface area contributed by atoms with Gasteiger partial charge in [0.2, 0.25) is 0 Å². The zero-order chi connectivity index (χ0) is 12.3. The van der Waals surface area contributed by atoms with Gasteiger partial charge in [-0.05, 0) is 52.4 Å².